The van der Waals surface area contributed by atoms with Crippen molar-refractivity contribution in [1.82, 2.24) is 0 Å². The third-order valence-electron chi connectivity index (χ3n) is 1.51. The molecule has 0 aromatic heterocycles. The van der Waals surface area contributed by atoms with Crippen LogP contribution in [0.25, 0.3) is 5.41 Å². The molecule has 0 aliphatic rings. The molecule has 0 bridgehead atoms. The van der Waals surface area contributed by atoms with Crippen LogP contribution in [0.1, 0.15) is 18.1 Å². The first-order chi connectivity index (χ1) is 5.86. The zero-order chi connectivity index (χ0) is 8.81. The summed E-state index contributed by atoms with van der Waals surface area (Å²) < 4.78 is 0. The minimum atomic E-state index is 0. The number of rotatable bonds is 3. The predicted octanol–water partition coefficient (Wildman–Crippen LogP) is 2.11. The number of hydrogen-bond donors (Lipinski definition) is 0. The predicted molar refractivity (Wildman–Crippen MR) is 53.1 cm³/mol. The van der Waals surface area contributed by atoms with Gasteiger partial charge < -0.3 is 5.41 Å². The Labute approximate surface area is 104 Å². The number of aliphatic imine (C=N–C) groups is 1. The van der Waals surface area contributed by atoms with Gasteiger partial charge in [-0.25, -0.2) is 0 Å². The molecule has 1 radical (unpaired) electrons. The quantitative estimate of drug-likeness (QED) is 0.734. The summed E-state index contributed by atoms with van der Waals surface area (Å²) in [6.07, 6.45) is 2.90. The van der Waals surface area contributed by atoms with E-state index in [0.29, 0.717) is 0 Å². The van der Waals surface area contributed by atoms with Gasteiger partial charge in [0.2, 0.25) is 0 Å². The van der Waals surface area contributed by atoms with Crippen molar-refractivity contribution in [3.05, 3.63) is 40.8 Å². The van der Waals surface area contributed by atoms with Gasteiger partial charge in [-0.05, 0) is 18.1 Å². The molecule has 0 spiro atoms. The first-order valence-electron chi connectivity index (χ1n) is 3.94. The van der Waals surface area contributed by atoms with E-state index in [1.165, 1.54) is 0 Å². The van der Waals surface area contributed by atoms with Crippen molar-refractivity contribution >= 4 is 12.4 Å². The van der Waals surface area contributed by atoms with Crippen molar-refractivity contribution in [2.45, 2.75) is 6.92 Å². The SMILES string of the molecule is CCN=Cc1ccc(C=[N-])cc1.[Y]. The van der Waals surface area contributed by atoms with E-state index in [0.717, 1.165) is 23.9 Å². The molecule has 0 fully saturated rings. The molecule has 65 valence electrons. The molecule has 0 atom stereocenters. The average Bonchev–Trinajstić information content (AvgIpc) is 2.15. The first kappa shape index (κ1) is 12.7. The Morgan fingerprint density at radius 3 is 2.23 bits per heavy atom. The standard InChI is InChI=1S/C10H11N2.Y/c1-2-12-8-10-5-3-9(7-11)4-6-10;/h3-8H,2H2,1H3;/q-1;. The molecule has 0 saturated carbocycles. The number of benzene rings is 1. The van der Waals surface area contributed by atoms with E-state index in [-0.39, 0.29) is 32.7 Å². The summed E-state index contributed by atoms with van der Waals surface area (Å²) >= 11 is 0. The largest absolute Gasteiger partial charge is 0.810 e. The summed E-state index contributed by atoms with van der Waals surface area (Å²) in [6, 6.07) is 7.52. The number of nitrogens with zero attached hydrogens (tertiary/aromatic N) is 2. The average molecular weight is 248 g/mol. The molecule has 0 aliphatic carbocycles. The zero-order valence-electron chi connectivity index (χ0n) is 7.64. The second-order valence-electron chi connectivity index (χ2n) is 2.42. The van der Waals surface area contributed by atoms with E-state index in [1.807, 2.05) is 37.4 Å². The molecule has 3 heteroatoms. The van der Waals surface area contributed by atoms with Crippen LogP contribution in [0.3, 0.4) is 0 Å². The molecule has 0 N–H and O–H groups in total. The maximum atomic E-state index is 8.65. The van der Waals surface area contributed by atoms with Gasteiger partial charge in [0, 0.05) is 45.5 Å². The second-order valence-corrected chi connectivity index (χ2v) is 2.42. The van der Waals surface area contributed by atoms with Crippen molar-refractivity contribution in [3.63, 3.8) is 0 Å². The summed E-state index contributed by atoms with van der Waals surface area (Å²) in [5, 5.41) is 8.65. The zero-order valence-corrected chi connectivity index (χ0v) is 10.5. The maximum absolute atomic E-state index is 8.65. The molecule has 0 unspecified atom stereocenters. The van der Waals surface area contributed by atoms with Gasteiger partial charge in [-0.15, -0.1) is 0 Å². The molecule has 1 rings (SSSR count). The van der Waals surface area contributed by atoms with E-state index < -0.39 is 0 Å². The van der Waals surface area contributed by atoms with Crippen LogP contribution >= 0.6 is 0 Å². The molecule has 1 aromatic rings. The van der Waals surface area contributed by atoms with E-state index >= 15 is 0 Å². The van der Waals surface area contributed by atoms with Crippen LogP contribution in [0, 0.1) is 0 Å². The molecule has 0 saturated heterocycles. The van der Waals surface area contributed by atoms with Gasteiger partial charge in [-0.3, -0.25) is 4.99 Å². The Kier molecular flexibility index (Phi) is 6.92. The van der Waals surface area contributed by atoms with Gasteiger partial charge >= 0.3 is 0 Å². The monoisotopic (exact) mass is 248 g/mol. The van der Waals surface area contributed by atoms with Crippen LogP contribution in [-0.4, -0.2) is 19.0 Å². The Morgan fingerprint density at radius 1 is 1.23 bits per heavy atom. The fourth-order valence-corrected chi connectivity index (χ4v) is 0.865. The minimum absolute atomic E-state index is 0. The molecular formula is C10H11N2Y-. The van der Waals surface area contributed by atoms with E-state index in [9.17, 15) is 0 Å². The van der Waals surface area contributed by atoms with E-state index in [4.69, 9.17) is 5.41 Å². The fraction of sp³-hybridized carbons (Fsp3) is 0.200. The van der Waals surface area contributed by atoms with Gasteiger partial charge in [-0.2, -0.15) is 6.21 Å². The van der Waals surface area contributed by atoms with Crippen molar-refractivity contribution in [3.8, 4) is 0 Å². The van der Waals surface area contributed by atoms with Crippen molar-refractivity contribution < 1.29 is 32.7 Å². The van der Waals surface area contributed by atoms with E-state index in [1.54, 1.807) is 0 Å². The molecule has 0 heterocycles. The third kappa shape index (κ3) is 4.44. The molecule has 0 aliphatic heterocycles. The summed E-state index contributed by atoms with van der Waals surface area (Å²) in [5.74, 6) is 0. The Morgan fingerprint density at radius 2 is 1.77 bits per heavy atom. The smallest absolute Gasteiger partial charge is 0.0361 e. The van der Waals surface area contributed by atoms with Gasteiger partial charge in [0.1, 0.15) is 0 Å². The summed E-state index contributed by atoms with van der Waals surface area (Å²) in [4.78, 5) is 4.10. The summed E-state index contributed by atoms with van der Waals surface area (Å²) in [5.41, 5.74) is 1.87. The number of hydrogen-bond acceptors (Lipinski definition) is 1. The van der Waals surface area contributed by atoms with Crippen LogP contribution in [0.5, 0.6) is 0 Å². The van der Waals surface area contributed by atoms with Crippen molar-refractivity contribution in [2.75, 3.05) is 6.54 Å². The molecule has 0 amide bonds. The normalized spacial score (nSPS) is 9.62. The topological polar surface area (TPSA) is 34.7 Å². The van der Waals surface area contributed by atoms with Crippen molar-refractivity contribution in [1.29, 1.82) is 0 Å². The van der Waals surface area contributed by atoms with Crippen LogP contribution in [0.2, 0.25) is 0 Å². The Balaban J connectivity index is 0.00000144. The maximum Gasteiger partial charge on any atom is 0.0361 e. The van der Waals surface area contributed by atoms with Crippen LogP contribution in [0.4, 0.5) is 0 Å². The van der Waals surface area contributed by atoms with Gasteiger partial charge in [0.05, 0.1) is 0 Å². The first-order valence-corrected chi connectivity index (χ1v) is 3.94. The van der Waals surface area contributed by atoms with Gasteiger partial charge in [0.25, 0.3) is 0 Å². The fourth-order valence-electron chi connectivity index (χ4n) is 0.865. The van der Waals surface area contributed by atoms with Gasteiger partial charge in [0.15, 0.2) is 0 Å². The van der Waals surface area contributed by atoms with Crippen LogP contribution < -0.4 is 0 Å². The minimum Gasteiger partial charge on any atom is -0.810 e. The summed E-state index contributed by atoms with van der Waals surface area (Å²) in [7, 11) is 0. The van der Waals surface area contributed by atoms with E-state index in [2.05, 4.69) is 4.99 Å². The van der Waals surface area contributed by atoms with Crippen LogP contribution in [0.15, 0.2) is 29.3 Å². The molecule has 13 heavy (non-hydrogen) atoms. The Bertz CT molecular complexity index is 277. The Hall–Kier alpha value is -0.336. The van der Waals surface area contributed by atoms with Gasteiger partial charge in [-0.1, -0.05) is 24.3 Å². The third-order valence-corrected chi connectivity index (χ3v) is 1.51. The molecule has 2 nitrogen and oxygen atoms in total. The van der Waals surface area contributed by atoms with Crippen LogP contribution in [-0.2, 0) is 32.7 Å². The molecule has 1 aromatic carbocycles. The van der Waals surface area contributed by atoms with Crippen molar-refractivity contribution in [2.24, 2.45) is 4.99 Å². The molecular weight excluding hydrogens is 237 g/mol. The second kappa shape index (κ2) is 7.10. The summed E-state index contributed by atoms with van der Waals surface area (Å²) in [6.45, 7) is 2.79.